The standard InChI is InChI=1S/C10H17N3O/c1-7-6-12-13(4)9(7)8(14)5-10(2,3)11/h6H,5,11H2,1-4H3. The Kier molecular flexibility index (Phi) is 2.76. The molecular formula is C10H17N3O. The molecule has 0 bridgehead atoms. The zero-order valence-corrected chi connectivity index (χ0v) is 9.16. The maximum atomic E-state index is 11.8. The van der Waals surface area contributed by atoms with Gasteiger partial charge in [-0.05, 0) is 26.3 Å². The van der Waals surface area contributed by atoms with E-state index in [1.54, 1.807) is 17.9 Å². The molecule has 0 saturated carbocycles. The van der Waals surface area contributed by atoms with Gasteiger partial charge in [0, 0.05) is 19.0 Å². The molecular weight excluding hydrogens is 178 g/mol. The minimum Gasteiger partial charge on any atom is -0.325 e. The Morgan fingerprint density at radius 1 is 1.64 bits per heavy atom. The van der Waals surface area contributed by atoms with E-state index in [1.165, 1.54) is 0 Å². The minimum absolute atomic E-state index is 0.0509. The van der Waals surface area contributed by atoms with Crippen molar-refractivity contribution in [1.82, 2.24) is 9.78 Å². The lowest BCUT2D eigenvalue weighted by Crippen LogP contribution is -2.35. The quantitative estimate of drug-likeness (QED) is 0.733. The summed E-state index contributed by atoms with van der Waals surface area (Å²) >= 11 is 0. The molecule has 0 unspecified atom stereocenters. The van der Waals surface area contributed by atoms with Crippen LogP contribution in [-0.4, -0.2) is 21.1 Å². The first kappa shape index (κ1) is 10.9. The zero-order valence-electron chi connectivity index (χ0n) is 9.16. The van der Waals surface area contributed by atoms with Crippen LogP contribution in [0.4, 0.5) is 0 Å². The molecule has 0 aliphatic heterocycles. The van der Waals surface area contributed by atoms with Gasteiger partial charge in [0.15, 0.2) is 5.78 Å². The van der Waals surface area contributed by atoms with E-state index in [1.807, 2.05) is 20.8 Å². The van der Waals surface area contributed by atoms with Crippen LogP contribution in [0.25, 0.3) is 0 Å². The van der Waals surface area contributed by atoms with Gasteiger partial charge < -0.3 is 5.73 Å². The van der Waals surface area contributed by atoms with Gasteiger partial charge in [-0.15, -0.1) is 0 Å². The Bertz CT molecular complexity index is 327. The monoisotopic (exact) mass is 195 g/mol. The van der Waals surface area contributed by atoms with E-state index in [0.717, 1.165) is 5.56 Å². The second kappa shape index (κ2) is 3.53. The fraction of sp³-hybridized carbons (Fsp3) is 0.600. The summed E-state index contributed by atoms with van der Waals surface area (Å²) in [5.41, 5.74) is 6.89. The highest BCUT2D eigenvalue weighted by Crippen LogP contribution is 2.13. The summed E-state index contributed by atoms with van der Waals surface area (Å²) in [6.45, 7) is 5.57. The van der Waals surface area contributed by atoms with E-state index >= 15 is 0 Å². The molecule has 0 aliphatic carbocycles. The number of carbonyl (C=O) groups is 1. The summed E-state index contributed by atoms with van der Waals surface area (Å²) in [7, 11) is 1.77. The molecule has 1 heterocycles. The normalized spacial score (nSPS) is 11.8. The topological polar surface area (TPSA) is 60.9 Å². The summed E-state index contributed by atoms with van der Waals surface area (Å²) in [4.78, 5) is 11.8. The summed E-state index contributed by atoms with van der Waals surface area (Å²) < 4.78 is 1.60. The number of hydrogen-bond acceptors (Lipinski definition) is 3. The molecule has 1 aromatic heterocycles. The van der Waals surface area contributed by atoms with Gasteiger partial charge in [0.1, 0.15) is 5.69 Å². The van der Waals surface area contributed by atoms with E-state index in [9.17, 15) is 4.79 Å². The third kappa shape index (κ3) is 2.42. The number of aromatic nitrogens is 2. The molecule has 1 aromatic rings. The molecule has 4 heteroatoms. The molecule has 0 aromatic carbocycles. The van der Waals surface area contributed by atoms with Crippen LogP contribution in [0.1, 0.15) is 36.3 Å². The Balaban J connectivity index is 2.90. The van der Waals surface area contributed by atoms with Crippen LogP contribution in [0.3, 0.4) is 0 Å². The first-order chi connectivity index (χ1) is 6.31. The lowest BCUT2D eigenvalue weighted by molar-refractivity contribution is 0.0950. The largest absolute Gasteiger partial charge is 0.325 e. The predicted molar refractivity (Wildman–Crippen MR) is 55.2 cm³/mol. The van der Waals surface area contributed by atoms with Crippen LogP contribution in [0.15, 0.2) is 6.20 Å². The molecule has 14 heavy (non-hydrogen) atoms. The third-order valence-corrected chi connectivity index (χ3v) is 2.00. The number of aryl methyl sites for hydroxylation is 2. The predicted octanol–water partition coefficient (Wildman–Crippen LogP) is 1.04. The lowest BCUT2D eigenvalue weighted by Gasteiger charge is -2.17. The number of hydrogen-bond donors (Lipinski definition) is 1. The maximum absolute atomic E-state index is 11.8. The maximum Gasteiger partial charge on any atom is 0.182 e. The summed E-state index contributed by atoms with van der Waals surface area (Å²) in [6, 6.07) is 0. The van der Waals surface area contributed by atoms with Crippen LogP contribution in [0, 0.1) is 6.92 Å². The molecule has 0 amide bonds. The van der Waals surface area contributed by atoms with Crippen LogP contribution < -0.4 is 5.73 Å². The van der Waals surface area contributed by atoms with E-state index in [0.29, 0.717) is 12.1 Å². The van der Waals surface area contributed by atoms with E-state index in [-0.39, 0.29) is 5.78 Å². The highest BCUT2D eigenvalue weighted by molar-refractivity contribution is 5.96. The smallest absolute Gasteiger partial charge is 0.182 e. The number of ketones is 1. The Morgan fingerprint density at radius 2 is 2.21 bits per heavy atom. The molecule has 4 nitrogen and oxygen atoms in total. The highest BCUT2D eigenvalue weighted by atomic mass is 16.1. The summed E-state index contributed by atoms with van der Waals surface area (Å²) in [5.74, 6) is 0.0509. The van der Waals surface area contributed by atoms with E-state index < -0.39 is 5.54 Å². The average molecular weight is 195 g/mol. The van der Waals surface area contributed by atoms with Gasteiger partial charge in [-0.3, -0.25) is 9.48 Å². The van der Waals surface area contributed by atoms with E-state index in [4.69, 9.17) is 5.73 Å². The summed E-state index contributed by atoms with van der Waals surface area (Å²) in [5, 5.41) is 4.02. The Labute approximate surface area is 84.1 Å². The fourth-order valence-electron chi connectivity index (χ4n) is 1.45. The highest BCUT2D eigenvalue weighted by Gasteiger charge is 2.21. The zero-order chi connectivity index (χ0) is 10.9. The van der Waals surface area contributed by atoms with Crippen molar-refractivity contribution in [3.05, 3.63) is 17.5 Å². The molecule has 0 radical (unpaired) electrons. The Morgan fingerprint density at radius 3 is 2.57 bits per heavy atom. The number of Topliss-reactive ketones (excluding diaryl/α,β-unsaturated/α-hetero) is 1. The van der Waals surface area contributed by atoms with Gasteiger partial charge in [-0.2, -0.15) is 5.10 Å². The van der Waals surface area contributed by atoms with Crippen LogP contribution >= 0.6 is 0 Å². The SMILES string of the molecule is Cc1cnn(C)c1C(=O)CC(C)(C)N. The van der Waals surface area contributed by atoms with Crippen molar-refractivity contribution in [1.29, 1.82) is 0 Å². The summed E-state index contributed by atoms with van der Waals surface area (Å²) in [6.07, 6.45) is 2.03. The molecule has 0 saturated heterocycles. The van der Waals surface area contributed by atoms with Crippen molar-refractivity contribution in [3.8, 4) is 0 Å². The number of carbonyl (C=O) groups excluding carboxylic acids is 1. The number of rotatable bonds is 3. The minimum atomic E-state index is -0.464. The first-order valence-corrected chi connectivity index (χ1v) is 4.62. The van der Waals surface area contributed by atoms with Gasteiger partial charge in [-0.1, -0.05) is 0 Å². The lowest BCUT2D eigenvalue weighted by atomic mass is 9.97. The molecule has 0 fully saturated rings. The van der Waals surface area contributed by atoms with Gasteiger partial charge in [-0.25, -0.2) is 0 Å². The molecule has 1 rings (SSSR count). The van der Waals surface area contributed by atoms with Gasteiger partial charge >= 0.3 is 0 Å². The van der Waals surface area contributed by atoms with Gasteiger partial charge in [0.05, 0.1) is 6.20 Å². The third-order valence-electron chi connectivity index (χ3n) is 2.00. The molecule has 2 N–H and O–H groups in total. The van der Waals surface area contributed by atoms with Crippen molar-refractivity contribution in [3.63, 3.8) is 0 Å². The van der Waals surface area contributed by atoms with Crippen LogP contribution in [0.2, 0.25) is 0 Å². The molecule has 78 valence electrons. The van der Waals surface area contributed by atoms with Crippen molar-refractivity contribution in [2.75, 3.05) is 0 Å². The first-order valence-electron chi connectivity index (χ1n) is 4.62. The Hall–Kier alpha value is -1.16. The molecule has 0 atom stereocenters. The fourth-order valence-corrected chi connectivity index (χ4v) is 1.45. The van der Waals surface area contributed by atoms with Crippen molar-refractivity contribution in [2.45, 2.75) is 32.7 Å². The van der Waals surface area contributed by atoms with Crippen molar-refractivity contribution in [2.24, 2.45) is 12.8 Å². The van der Waals surface area contributed by atoms with Crippen LogP contribution in [0.5, 0.6) is 0 Å². The number of nitrogens with zero attached hydrogens (tertiary/aromatic N) is 2. The molecule has 0 spiro atoms. The van der Waals surface area contributed by atoms with Gasteiger partial charge in [0.2, 0.25) is 0 Å². The van der Waals surface area contributed by atoms with E-state index in [2.05, 4.69) is 5.10 Å². The van der Waals surface area contributed by atoms with Crippen molar-refractivity contribution < 1.29 is 4.79 Å². The average Bonchev–Trinajstić information content (AvgIpc) is 2.27. The molecule has 0 aliphatic rings. The second-order valence-corrected chi connectivity index (χ2v) is 4.39. The number of nitrogens with two attached hydrogens (primary N) is 1. The van der Waals surface area contributed by atoms with Crippen LogP contribution in [-0.2, 0) is 7.05 Å². The second-order valence-electron chi connectivity index (χ2n) is 4.39. The van der Waals surface area contributed by atoms with Gasteiger partial charge in [0.25, 0.3) is 0 Å². The van der Waals surface area contributed by atoms with Crippen molar-refractivity contribution >= 4 is 5.78 Å².